The van der Waals surface area contributed by atoms with Crippen LogP contribution < -0.4 is 22.5 Å². The van der Waals surface area contributed by atoms with Crippen LogP contribution >= 0.6 is 15.6 Å². The predicted molar refractivity (Wildman–Crippen MR) is 279 cm³/mol. The van der Waals surface area contributed by atoms with Crippen LogP contribution in [0.2, 0.25) is 0 Å². The predicted octanol–water partition coefficient (Wildman–Crippen LogP) is 2.28. The number of rotatable bonds is 20. The fourth-order valence-electron chi connectivity index (χ4n) is 10.4. The van der Waals surface area contributed by atoms with E-state index in [1.165, 1.54) is 47.4 Å². The fourth-order valence-corrected chi connectivity index (χ4v) is 11.7. The summed E-state index contributed by atoms with van der Waals surface area (Å²) in [7, 11) is -10.8. The Morgan fingerprint density at radius 2 is 1.57 bits per heavy atom. The van der Waals surface area contributed by atoms with Crippen LogP contribution in [0, 0.1) is 5.82 Å². The maximum atomic E-state index is 14.7. The molecule has 0 radical (unpaired) electrons. The molecule has 10 rings (SSSR count). The number of hydrogen-bond donors (Lipinski definition) is 7. The summed E-state index contributed by atoms with van der Waals surface area (Å²) in [5.74, 6) is -5.15. The number of imidazole rings is 1. The second kappa shape index (κ2) is 25.2. The van der Waals surface area contributed by atoms with Gasteiger partial charge in [0, 0.05) is 63.4 Å². The van der Waals surface area contributed by atoms with Crippen molar-refractivity contribution < 1.29 is 98.5 Å². The molecule has 5 aromatic rings. The number of fused-ring (bicyclic) bond motifs is 1. The molecule has 35 heteroatoms. The van der Waals surface area contributed by atoms with Crippen LogP contribution in [0.1, 0.15) is 55.7 Å². The molecule has 9 N–H and O–H groups in total. The van der Waals surface area contributed by atoms with Crippen LogP contribution in [0.4, 0.5) is 35.3 Å². The highest BCUT2D eigenvalue weighted by Crippen LogP contribution is 2.51. The number of halogens is 3. The van der Waals surface area contributed by atoms with Crippen LogP contribution in [0.5, 0.6) is 0 Å². The molecular formula is C49H58F3N11O19P2. The summed E-state index contributed by atoms with van der Waals surface area (Å²) in [6.45, 7) is -2.49. The lowest BCUT2D eigenvalue weighted by Crippen LogP contribution is -2.47. The number of nitrogens with two attached hydrogens (primary N) is 2. The number of aliphatic hydroxyl groups excluding tert-OH is 1. The van der Waals surface area contributed by atoms with Crippen LogP contribution in [0.3, 0.4) is 0 Å². The first kappa shape index (κ1) is 60.6. The van der Waals surface area contributed by atoms with Gasteiger partial charge in [-0.25, -0.2) is 51.6 Å². The van der Waals surface area contributed by atoms with Gasteiger partial charge in [-0.1, -0.05) is 24.3 Å². The largest absolute Gasteiger partial charge is 0.472 e. The van der Waals surface area contributed by atoms with E-state index in [0.717, 1.165) is 15.8 Å². The van der Waals surface area contributed by atoms with E-state index in [1.807, 2.05) is 0 Å². The number of carbonyl (C=O) groups excluding carboxylic acids is 3. The number of nitrogen functional groups attached to an aromatic ring is 2. The summed E-state index contributed by atoms with van der Waals surface area (Å²) in [6.07, 6.45) is -12.6. The van der Waals surface area contributed by atoms with Crippen LogP contribution in [0.25, 0.3) is 11.2 Å². The van der Waals surface area contributed by atoms with E-state index in [9.17, 15) is 61.3 Å². The Balaban J connectivity index is 0.880. The Kier molecular flexibility index (Phi) is 18.2. The van der Waals surface area contributed by atoms with Gasteiger partial charge in [-0.05, 0) is 54.3 Å². The van der Waals surface area contributed by atoms with Crippen molar-refractivity contribution in [3.8, 4) is 0 Å². The monoisotopic (exact) mass is 1220 g/mol. The third kappa shape index (κ3) is 14.4. The number of carbonyl (C=O) groups is 3. The molecule has 30 nitrogen and oxygen atoms in total. The third-order valence-electron chi connectivity index (χ3n) is 14.6. The molecule has 12 atom stereocenters. The first-order valence-corrected chi connectivity index (χ1v) is 29.3. The number of nitrogens with zero attached hydrogens (tertiary/aromatic N) is 8. The molecule has 0 spiro atoms. The molecule has 5 aliphatic rings. The van der Waals surface area contributed by atoms with Crippen molar-refractivity contribution in [3.05, 3.63) is 101 Å². The average molecular weight is 1220 g/mol. The minimum Gasteiger partial charge on any atom is -0.455 e. The number of anilines is 3. The average Bonchev–Trinajstić information content (AvgIpc) is 2.88. The number of phosphoric ester groups is 2. The summed E-state index contributed by atoms with van der Waals surface area (Å²) < 4.78 is 122. The van der Waals surface area contributed by atoms with Gasteiger partial charge < -0.3 is 65.0 Å². The van der Waals surface area contributed by atoms with Crippen LogP contribution in [-0.2, 0) is 73.7 Å². The fraction of sp³-hybridized carbons (Fsp3) is 0.510. The summed E-state index contributed by atoms with van der Waals surface area (Å²) in [6, 6.07) is 10.8. The van der Waals surface area contributed by atoms with Gasteiger partial charge in [0.1, 0.15) is 66.6 Å². The summed E-state index contributed by atoms with van der Waals surface area (Å²) in [5, 5.41) is 14.8. The Labute approximate surface area is 473 Å². The number of esters is 1. The normalized spacial score (nSPS) is 27.9. The number of phosphoric acid groups is 2. The van der Waals surface area contributed by atoms with Gasteiger partial charge in [0.15, 0.2) is 36.3 Å². The summed E-state index contributed by atoms with van der Waals surface area (Å²) >= 11 is 0. The minimum atomic E-state index is -5.54. The summed E-state index contributed by atoms with van der Waals surface area (Å²) in [5.41, 5.74) is 12.3. The van der Waals surface area contributed by atoms with Crippen molar-refractivity contribution in [3.63, 3.8) is 0 Å². The molecular weight excluding hydrogens is 1170 g/mol. The zero-order valence-electron chi connectivity index (χ0n) is 44.1. The highest BCUT2D eigenvalue weighted by Gasteiger charge is 2.55. The molecule has 0 saturated carbocycles. The van der Waals surface area contributed by atoms with Gasteiger partial charge in [-0.2, -0.15) is 4.98 Å². The van der Waals surface area contributed by atoms with E-state index in [-0.39, 0.29) is 74.4 Å². The highest BCUT2D eigenvalue weighted by molar-refractivity contribution is 7.47. The van der Waals surface area contributed by atoms with Crippen LogP contribution in [0.15, 0.2) is 78.2 Å². The van der Waals surface area contributed by atoms with Crippen molar-refractivity contribution in [2.24, 2.45) is 0 Å². The number of piperidine rings is 1. The van der Waals surface area contributed by atoms with Crippen LogP contribution in [-0.4, -0.2) is 177 Å². The number of amides is 2. The van der Waals surface area contributed by atoms with Gasteiger partial charge in [0.25, 0.3) is 5.92 Å². The number of ether oxygens (including phenoxy) is 6. The number of aliphatic hydroxyl groups is 1. The smallest absolute Gasteiger partial charge is 0.455 e. The lowest BCUT2D eigenvalue weighted by Gasteiger charge is -2.35. The van der Waals surface area contributed by atoms with Crippen molar-refractivity contribution >= 4 is 62.1 Å². The number of nitrogens with one attached hydrogen (secondary N) is 1. The first-order valence-electron chi connectivity index (χ1n) is 26.2. The van der Waals surface area contributed by atoms with E-state index in [2.05, 4.69) is 25.3 Å². The van der Waals surface area contributed by atoms with Crippen molar-refractivity contribution in [2.45, 2.75) is 119 Å². The molecule has 2 amide bonds. The van der Waals surface area contributed by atoms with Crippen molar-refractivity contribution in [2.75, 3.05) is 56.2 Å². The molecule has 0 aliphatic carbocycles. The number of hydrogen-bond acceptors (Lipinski definition) is 23. The zero-order chi connectivity index (χ0) is 59.7. The Hall–Kier alpha value is -6.55. The molecule has 84 heavy (non-hydrogen) atoms. The quantitative estimate of drug-likeness (QED) is 0.0434. The molecule has 0 bridgehead atoms. The van der Waals surface area contributed by atoms with E-state index in [1.54, 1.807) is 29.2 Å². The molecule has 5 aliphatic heterocycles. The van der Waals surface area contributed by atoms with Gasteiger partial charge >= 0.3 is 33.4 Å². The lowest BCUT2D eigenvalue weighted by atomic mass is 10.0. The van der Waals surface area contributed by atoms with Crippen molar-refractivity contribution in [1.29, 1.82) is 0 Å². The summed E-state index contributed by atoms with van der Waals surface area (Å²) in [4.78, 5) is 104. The molecule has 5 fully saturated rings. The van der Waals surface area contributed by atoms with E-state index in [4.69, 9.17) is 53.5 Å². The van der Waals surface area contributed by atoms with E-state index >= 15 is 0 Å². The molecule has 5 saturated heterocycles. The molecule has 8 heterocycles. The van der Waals surface area contributed by atoms with E-state index in [0.29, 0.717) is 29.7 Å². The van der Waals surface area contributed by atoms with Crippen molar-refractivity contribution in [1.82, 2.24) is 38.9 Å². The molecule has 2 unspecified atom stereocenters. The minimum absolute atomic E-state index is 0.0274. The first-order chi connectivity index (χ1) is 40.0. The number of alkyl halides is 2. The van der Waals surface area contributed by atoms with Gasteiger partial charge in [-0.15, -0.1) is 0 Å². The Morgan fingerprint density at radius 3 is 2.27 bits per heavy atom. The Morgan fingerprint density at radius 1 is 0.869 bits per heavy atom. The lowest BCUT2D eigenvalue weighted by molar-refractivity contribution is -0.181. The van der Waals surface area contributed by atoms with Gasteiger partial charge in [-0.3, -0.25) is 37.3 Å². The number of benzene rings is 2. The standard InChI is InChI=1S/C49H58F3N11O19P2/c50-28-7-3-26(4-8-28)18-35(64)58-29-9-5-27(6-10-29)21-75-48(68)62-20-30(60-15-12-49(51,52)13-16-60)19-31(62)46(66)81-39-32(78-44(38(39)65)63-25-57-37-42(54)55-24-56-43(37)63)23-77-84(72,73)82-40-33(22-76-83(69,70)71)79-45(41(40)80-36-2-1-17-74-36)61-14-11-34(53)59-47(61)67/h3-11,14,24-25,30-33,36,38-41,44-45,65H,1-2,12-13,15-23H2,(H,58,64)(H,72,73)(H2,53,59,67)(H2,54,55,56)(H2,69,70,71)/t30-,31+,32-,33-,36?,38-,39-,40-,41-,44-,45-/m1/s1. The van der Waals surface area contributed by atoms with E-state index < -0.39 is 139 Å². The molecule has 3 aromatic heterocycles. The second-order valence-corrected chi connectivity index (χ2v) is 23.0. The maximum Gasteiger partial charge on any atom is 0.472 e. The zero-order valence-corrected chi connectivity index (χ0v) is 45.9. The Bertz CT molecular complexity index is 3330. The third-order valence-corrected chi connectivity index (χ3v) is 16.1. The van der Waals surface area contributed by atoms with Gasteiger partial charge in [0.2, 0.25) is 5.91 Å². The molecule has 2 aromatic carbocycles. The molecule has 454 valence electrons. The van der Waals surface area contributed by atoms with Gasteiger partial charge in [0.05, 0.1) is 26.0 Å². The number of aromatic nitrogens is 6. The topological polar surface area (TPSA) is 398 Å². The second-order valence-electron chi connectivity index (χ2n) is 20.4. The SMILES string of the molecule is Nc1ccn([C@@H]2O[C@H](COP(=O)(O)O)[C@@H](OP(=O)(O)OC[C@H]3O[C@@H](n4cnc5c(N)ncnc54)[C@H](O)[C@@H]3OC(=O)[C@@H]3C[C@@H](N4CCC(F)(F)CC4)CN3C(=O)OCc3ccc(NC(=O)Cc4ccc(F)cc4)cc3)[C@H]2OC2CCCO2)c(=O)n1. The number of likely N-dealkylation sites (tertiary alicyclic amines) is 2. The maximum absolute atomic E-state index is 14.7. The highest BCUT2D eigenvalue weighted by atomic mass is 31.2.